The third-order valence-electron chi connectivity index (χ3n) is 3.15. The first-order valence-corrected chi connectivity index (χ1v) is 6.86. The lowest BCUT2D eigenvalue weighted by Gasteiger charge is -2.31. The van der Waals surface area contributed by atoms with Gasteiger partial charge in [0.05, 0.1) is 0 Å². The van der Waals surface area contributed by atoms with Gasteiger partial charge in [-0.1, -0.05) is 32.9 Å². The average molecular weight is 235 g/mol. The Morgan fingerprint density at radius 1 is 1.12 bits per heavy atom. The second-order valence-corrected chi connectivity index (χ2v) is 7.12. The van der Waals surface area contributed by atoms with Crippen molar-refractivity contribution in [2.45, 2.75) is 55.2 Å². The van der Waals surface area contributed by atoms with E-state index < -0.39 is 0 Å². The molecule has 2 N–H and O–H groups in total. The van der Waals surface area contributed by atoms with Gasteiger partial charge in [-0.25, -0.2) is 0 Å². The van der Waals surface area contributed by atoms with E-state index in [0.29, 0.717) is 6.04 Å². The first kappa shape index (κ1) is 12.0. The molecule has 0 aromatic heterocycles. The Kier molecular flexibility index (Phi) is 3.32. The molecular weight excluding hydrogens is 214 g/mol. The van der Waals surface area contributed by atoms with Crippen molar-refractivity contribution in [1.82, 2.24) is 0 Å². The molecule has 88 valence electrons. The summed E-state index contributed by atoms with van der Waals surface area (Å²) in [5.74, 6) is 0. The molecule has 0 radical (unpaired) electrons. The van der Waals surface area contributed by atoms with E-state index in [2.05, 4.69) is 45.0 Å². The van der Waals surface area contributed by atoms with E-state index in [4.69, 9.17) is 5.73 Å². The SMILES string of the molecule is CC(C)(C)c1ccc(SC2CC(N)C2)cc1. The molecule has 1 aliphatic rings. The summed E-state index contributed by atoms with van der Waals surface area (Å²) in [5.41, 5.74) is 7.45. The molecule has 0 heterocycles. The summed E-state index contributed by atoms with van der Waals surface area (Å²) in [7, 11) is 0. The average Bonchev–Trinajstić information content (AvgIpc) is 2.15. The zero-order valence-electron chi connectivity index (χ0n) is 10.4. The van der Waals surface area contributed by atoms with E-state index in [9.17, 15) is 0 Å². The topological polar surface area (TPSA) is 26.0 Å². The van der Waals surface area contributed by atoms with Crippen molar-refractivity contribution < 1.29 is 0 Å². The van der Waals surface area contributed by atoms with Gasteiger partial charge in [0.25, 0.3) is 0 Å². The van der Waals surface area contributed by atoms with Gasteiger partial charge in [0.2, 0.25) is 0 Å². The Hall–Kier alpha value is -0.470. The fraction of sp³-hybridized carbons (Fsp3) is 0.571. The van der Waals surface area contributed by atoms with Crippen LogP contribution >= 0.6 is 11.8 Å². The van der Waals surface area contributed by atoms with Gasteiger partial charge in [-0.15, -0.1) is 11.8 Å². The first-order valence-electron chi connectivity index (χ1n) is 5.98. The number of hydrogen-bond acceptors (Lipinski definition) is 2. The Morgan fingerprint density at radius 3 is 2.12 bits per heavy atom. The van der Waals surface area contributed by atoms with Crippen LogP contribution < -0.4 is 5.73 Å². The van der Waals surface area contributed by atoms with Crippen LogP contribution in [0.4, 0.5) is 0 Å². The molecule has 1 aromatic rings. The summed E-state index contributed by atoms with van der Waals surface area (Å²) in [5, 5.41) is 0.746. The number of hydrogen-bond donors (Lipinski definition) is 1. The third-order valence-corrected chi connectivity index (χ3v) is 4.42. The zero-order chi connectivity index (χ0) is 11.8. The monoisotopic (exact) mass is 235 g/mol. The van der Waals surface area contributed by atoms with Crippen LogP contribution in [0.15, 0.2) is 29.2 Å². The normalized spacial score (nSPS) is 25.2. The molecule has 1 aromatic carbocycles. The second-order valence-electron chi connectivity index (χ2n) is 5.75. The summed E-state index contributed by atoms with van der Waals surface area (Å²) >= 11 is 1.97. The van der Waals surface area contributed by atoms with Crippen LogP contribution in [-0.4, -0.2) is 11.3 Å². The van der Waals surface area contributed by atoms with Gasteiger partial charge in [0, 0.05) is 16.2 Å². The number of benzene rings is 1. The molecule has 0 atom stereocenters. The van der Waals surface area contributed by atoms with Crippen LogP contribution in [0, 0.1) is 0 Å². The predicted molar refractivity (Wildman–Crippen MR) is 72.0 cm³/mol. The molecule has 0 bridgehead atoms. The van der Waals surface area contributed by atoms with E-state index in [-0.39, 0.29) is 5.41 Å². The van der Waals surface area contributed by atoms with Crippen LogP contribution in [-0.2, 0) is 5.41 Å². The van der Waals surface area contributed by atoms with Gasteiger partial charge in [-0.05, 0) is 36.0 Å². The van der Waals surface area contributed by atoms with Crippen LogP contribution in [0.3, 0.4) is 0 Å². The molecule has 2 rings (SSSR count). The molecule has 0 saturated heterocycles. The second kappa shape index (κ2) is 4.42. The van der Waals surface area contributed by atoms with Crippen molar-refractivity contribution in [3.05, 3.63) is 29.8 Å². The summed E-state index contributed by atoms with van der Waals surface area (Å²) in [6, 6.07) is 9.44. The fourth-order valence-corrected chi connectivity index (χ4v) is 3.29. The largest absolute Gasteiger partial charge is 0.328 e. The number of thioether (sulfide) groups is 1. The molecule has 0 aliphatic heterocycles. The molecule has 0 unspecified atom stereocenters. The van der Waals surface area contributed by atoms with E-state index in [1.165, 1.54) is 23.3 Å². The number of rotatable bonds is 2. The molecule has 2 heteroatoms. The van der Waals surface area contributed by atoms with Gasteiger partial charge >= 0.3 is 0 Å². The van der Waals surface area contributed by atoms with Crippen LogP contribution in [0.25, 0.3) is 0 Å². The van der Waals surface area contributed by atoms with Crippen molar-refractivity contribution in [3.63, 3.8) is 0 Å². The highest BCUT2D eigenvalue weighted by atomic mass is 32.2. The maximum Gasteiger partial charge on any atom is 0.0124 e. The maximum absolute atomic E-state index is 5.79. The van der Waals surface area contributed by atoms with E-state index in [1.54, 1.807) is 0 Å². The number of nitrogens with two attached hydrogens (primary N) is 1. The van der Waals surface area contributed by atoms with Crippen molar-refractivity contribution >= 4 is 11.8 Å². The Labute approximate surface area is 103 Å². The molecule has 0 amide bonds. The van der Waals surface area contributed by atoms with E-state index >= 15 is 0 Å². The first-order chi connectivity index (χ1) is 7.45. The van der Waals surface area contributed by atoms with Gasteiger partial charge in [-0.3, -0.25) is 0 Å². The van der Waals surface area contributed by atoms with E-state index in [1.807, 2.05) is 11.8 Å². The predicted octanol–water partition coefficient (Wildman–Crippen LogP) is 3.57. The van der Waals surface area contributed by atoms with Gasteiger partial charge in [0.15, 0.2) is 0 Å². The highest BCUT2D eigenvalue weighted by Crippen LogP contribution is 2.36. The van der Waals surface area contributed by atoms with E-state index in [0.717, 1.165) is 5.25 Å². The standard InChI is InChI=1S/C14H21NS/c1-14(2,3)10-4-6-12(7-5-10)16-13-8-11(15)9-13/h4-7,11,13H,8-9,15H2,1-3H3. The van der Waals surface area contributed by atoms with Gasteiger partial charge in [-0.2, -0.15) is 0 Å². The third kappa shape index (κ3) is 2.80. The molecule has 0 spiro atoms. The lowest BCUT2D eigenvalue weighted by Crippen LogP contribution is -2.38. The quantitative estimate of drug-likeness (QED) is 0.848. The van der Waals surface area contributed by atoms with Crippen molar-refractivity contribution in [3.8, 4) is 0 Å². The minimum absolute atomic E-state index is 0.252. The summed E-state index contributed by atoms with van der Waals surface area (Å²) in [4.78, 5) is 1.38. The van der Waals surface area contributed by atoms with Crippen molar-refractivity contribution in [2.24, 2.45) is 5.73 Å². The Balaban J connectivity index is 1.97. The summed E-state index contributed by atoms with van der Waals surface area (Å²) < 4.78 is 0. The molecular formula is C14H21NS. The smallest absolute Gasteiger partial charge is 0.0124 e. The molecule has 1 saturated carbocycles. The maximum atomic E-state index is 5.79. The lowest BCUT2D eigenvalue weighted by atomic mass is 9.87. The highest BCUT2D eigenvalue weighted by molar-refractivity contribution is 8.00. The zero-order valence-corrected chi connectivity index (χ0v) is 11.2. The van der Waals surface area contributed by atoms with Gasteiger partial charge < -0.3 is 5.73 Å². The van der Waals surface area contributed by atoms with Crippen LogP contribution in [0.5, 0.6) is 0 Å². The summed E-state index contributed by atoms with van der Waals surface area (Å²) in [6.07, 6.45) is 2.34. The molecule has 1 aliphatic carbocycles. The molecule has 1 fully saturated rings. The summed E-state index contributed by atoms with van der Waals surface area (Å²) in [6.45, 7) is 6.75. The minimum Gasteiger partial charge on any atom is -0.328 e. The molecule has 1 nitrogen and oxygen atoms in total. The lowest BCUT2D eigenvalue weighted by molar-refractivity contribution is 0.433. The highest BCUT2D eigenvalue weighted by Gasteiger charge is 2.26. The van der Waals surface area contributed by atoms with Gasteiger partial charge in [0.1, 0.15) is 0 Å². The Morgan fingerprint density at radius 2 is 1.69 bits per heavy atom. The van der Waals surface area contributed by atoms with Crippen molar-refractivity contribution in [1.29, 1.82) is 0 Å². The fourth-order valence-electron chi connectivity index (χ4n) is 1.93. The molecule has 16 heavy (non-hydrogen) atoms. The van der Waals surface area contributed by atoms with Crippen LogP contribution in [0.1, 0.15) is 39.2 Å². The van der Waals surface area contributed by atoms with Crippen molar-refractivity contribution in [2.75, 3.05) is 0 Å². The Bertz CT molecular complexity index is 344. The minimum atomic E-state index is 0.252. The van der Waals surface area contributed by atoms with Crippen LogP contribution in [0.2, 0.25) is 0 Å².